The molecule has 92 valence electrons. The molecule has 2 atom stereocenters. The van der Waals surface area contributed by atoms with Crippen LogP contribution in [0.5, 0.6) is 0 Å². The summed E-state index contributed by atoms with van der Waals surface area (Å²) in [5.41, 5.74) is 0. The van der Waals surface area contributed by atoms with E-state index in [0.717, 1.165) is 19.6 Å². The van der Waals surface area contributed by atoms with Crippen molar-refractivity contribution in [3.8, 4) is 0 Å². The van der Waals surface area contributed by atoms with Crippen molar-refractivity contribution in [3.63, 3.8) is 0 Å². The van der Waals surface area contributed by atoms with Gasteiger partial charge in [0.15, 0.2) is 0 Å². The zero-order valence-electron chi connectivity index (χ0n) is 10.2. The first-order valence-electron chi connectivity index (χ1n) is 5.64. The molecular formula is C11H20N2O3. The summed E-state index contributed by atoms with van der Waals surface area (Å²) >= 11 is 0. The lowest BCUT2D eigenvalue weighted by Crippen LogP contribution is -2.52. The number of piperidine rings is 1. The van der Waals surface area contributed by atoms with Crippen molar-refractivity contribution >= 4 is 11.9 Å². The highest BCUT2D eigenvalue weighted by Gasteiger charge is 2.31. The van der Waals surface area contributed by atoms with Gasteiger partial charge in [-0.3, -0.25) is 9.59 Å². The SMILES string of the molecule is CCN1CC(NC(C)=O)CC(C(=O)OC)C1. The highest BCUT2D eigenvalue weighted by Crippen LogP contribution is 2.18. The average Bonchev–Trinajstić information content (AvgIpc) is 2.26. The Bertz CT molecular complexity index is 268. The van der Waals surface area contributed by atoms with Crippen LogP contribution in [-0.4, -0.2) is 49.6 Å². The highest BCUT2D eigenvalue weighted by molar-refractivity contribution is 5.74. The van der Waals surface area contributed by atoms with Crippen LogP contribution in [0.2, 0.25) is 0 Å². The van der Waals surface area contributed by atoms with Gasteiger partial charge in [-0.25, -0.2) is 0 Å². The fourth-order valence-electron chi connectivity index (χ4n) is 2.18. The predicted octanol–water partition coefficient (Wildman–Crippen LogP) is 0.00590. The molecule has 1 N–H and O–H groups in total. The molecule has 2 unspecified atom stereocenters. The van der Waals surface area contributed by atoms with Gasteiger partial charge in [0.05, 0.1) is 13.0 Å². The van der Waals surface area contributed by atoms with Gasteiger partial charge in [-0.05, 0) is 13.0 Å². The van der Waals surface area contributed by atoms with E-state index in [-0.39, 0.29) is 23.8 Å². The minimum atomic E-state index is -0.187. The third-order valence-corrected chi connectivity index (χ3v) is 2.92. The summed E-state index contributed by atoms with van der Waals surface area (Å²) in [5, 5.41) is 2.87. The summed E-state index contributed by atoms with van der Waals surface area (Å²) in [5.74, 6) is -0.365. The smallest absolute Gasteiger partial charge is 0.310 e. The standard InChI is InChI=1S/C11H20N2O3/c1-4-13-6-9(11(15)16-3)5-10(7-13)12-8(2)14/h9-10H,4-7H2,1-3H3,(H,12,14). The van der Waals surface area contributed by atoms with E-state index in [1.807, 2.05) is 6.92 Å². The van der Waals surface area contributed by atoms with Gasteiger partial charge in [0.25, 0.3) is 0 Å². The Labute approximate surface area is 96.1 Å². The first-order valence-corrected chi connectivity index (χ1v) is 5.64. The Kier molecular flexibility index (Phi) is 4.73. The van der Waals surface area contributed by atoms with E-state index >= 15 is 0 Å². The summed E-state index contributed by atoms with van der Waals surface area (Å²) < 4.78 is 4.76. The third kappa shape index (κ3) is 3.48. The molecule has 16 heavy (non-hydrogen) atoms. The number of likely N-dealkylation sites (N-methyl/N-ethyl adjacent to an activating group) is 1. The number of amides is 1. The van der Waals surface area contributed by atoms with Crippen LogP contribution in [0.25, 0.3) is 0 Å². The second-order valence-electron chi connectivity index (χ2n) is 4.21. The lowest BCUT2D eigenvalue weighted by Gasteiger charge is -2.36. The summed E-state index contributed by atoms with van der Waals surface area (Å²) in [6.07, 6.45) is 0.669. The molecule has 0 saturated carbocycles. The number of esters is 1. The normalized spacial score (nSPS) is 26.2. The number of carbonyl (C=O) groups is 2. The Morgan fingerprint density at radius 3 is 2.62 bits per heavy atom. The minimum absolute atomic E-state index is 0.0495. The van der Waals surface area contributed by atoms with E-state index in [1.54, 1.807) is 0 Å². The Hall–Kier alpha value is -1.10. The topological polar surface area (TPSA) is 58.6 Å². The molecule has 1 amide bonds. The van der Waals surface area contributed by atoms with Crippen LogP contribution in [0.3, 0.4) is 0 Å². The molecule has 1 aliphatic heterocycles. The van der Waals surface area contributed by atoms with E-state index in [1.165, 1.54) is 14.0 Å². The van der Waals surface area contributed by atoms with Crippen molar-refractivity contribution < 1.29 is 14.3 Å². The molecule has 5 heteroatoms. The lowest BCUT2D eigenvalue weighted by atomic mass is 9.94. The van der Waals surface area contributed by atoms with E-state index in [9.17, 15) is 9.59 Å². The first kappa shape index (κ1) is 13.0. The van der Waals surface area contributed by atoms with Gasteiger partial charge in [-0.15, -0.1) is 0 Å². The van der Waals surface area contributed by atoms with Gasteiger partial charge in [-0.2, -0.15) is 0 Å². The van der Waals surface area contributed by atoms with Crippen LogP contribution in [0.15, 0.2) is 0 Å². The second kappa shape index (κ2) is 5.84. The molecule has 0 bridgehead atoms. The van der Waals surface area contributed by atoms with Crippen LogP contribution in [0.4, 0.5) is 0 Å². The van der Waals surface area contributed by atoms with Gasteiger partial charge in [-0.1, -0.05) is 6.92 Å². The van der Waals surface area contributed by atoms with E-state index < -0.39 is 0 Å². The van der Waals surface area contributed by atoms with Crippen LogP contribution in [0.1, 0.15) is 20.3 Å². The third-order valence-electron chi connectivity index (χ3n) is 2.92. The van der Waals surface area contributed by atoms with Gasteiger partial charge in [0.1, 0.15) is 0 Å². The fourth-order valence-corrected chi connectivity index (χ4v) is 2.18. The molecule has 0 aromatic rings. The molecule has 0 spiro atoms. The number of rotatable bonds is 3. The quantitative estimate of drug-likeness (QED) is 0.691. The van der Waals surface area contributed by atoms with Crippen LogP contribution >= 0.6 is 0 Å². The summed E-state index contributed by atoms with van der Waals surface area (Å²) in [6.45, 7) is 5.95. The van der Waals surface area contributed by atoms with Gasteiger partial charge in [0, 0.05) is 26.1 Å². The monoisotopic (exact) mass is 228 g/mol. The number of hydrogen-bond acceptors (Lipinski definition) is 4. The van der Waals surface area contributed by atoms with Crippen molar-refractivity contribution in [2.75, 3.05) is 26.7 Å². The van der Waals surface area contributed by atoms with Crippen molar-refractivity contribution in [1.82, 2.24) is 10.2 Å². The van der Waals surface area contributed by atoms with Gasteiger partial charge in [0.2, 0.25) is 5.91 Å². The fraction of sp³-hybridized carbons (Fsp3) is 0.818. The maximum atomic E-state index is 11.5. The number of methoxy groups -OCH3 is 1. The van der Waals surface area contributed by atoms with Gasteiger partial charge >= 0.3 is 5.97 Å². The van der Waals surface area contributed by atoms with E-state index in [2.05, 4.69) is 10.2 Å². The molecule has 0 aliphatic carbocycles. The number of carbonyl (C=O) groups excluding carboxylic acids is 2. The van der Waals surface area contributed by atoms with Crippen molar-refractivity contribution in [1.29, 1.82) is 0 Å². The van der Waals surface area contributed by atoms with Crippen LogP contribution in [-0.2, 0) is 14.3 Å². The zero-order valence-corrected chi connectivity index (χ0v) is 10.2. The first-order chi connectivity index (χ1) is 7.56. The largest absolute Gasteiger partial charge is 0.469 e. The second-order valence-corrected chi connectivity index (χ2v) is 4.21. The van der Waals surface area contributed by atoms with Crippen molar-refractivity contribution in [2.45, 2.75) is 26.3 Å². The van der Waals surface area contributed by atoms with E-state index in [0.29, 0.717) is 6.42 Å². The summed E-state index contributed by atoms with van der Waals surface area (Å²) in [6, 6.07) is 0.0512. The molecule has 1 heterocycles. The lowest BCUT2D eigenvalue weighted by molar-refractivity contribution is -0.148. The molecule has 0 radical (unpaired) electrons. The van der Waals surface area contributed by atoms with E-state index in [4.69, 9.17) is 4.74 Å². The summed E-state index contributed by atoms with van der Waals surface area (Å²) in [7, 11) is 1.40. The van der Waals surface area contributed by atoms with Crippen LogP contribution in [0, 0.1) is 5.92 Å². The maximum absolute atomic E-state index is 11.5. The maximum Gasteiger partial charge on any atom is 0.310 e. The number of likely N-dealkylation sites (tertiary alicyclic amines) is 1. The molecule has 1 saturated heterocycles. The molecule has 0 aromatic carbocycles. The molecule has 1 fully saturated rings. The number of nitrogens with zero attached hydrogens (tertiary/aromatic N) is 1. The molecule has 1 rings (SSSR count). The summed E-state index contributed by atoms with van der Waals surface area (Å²) in [4.78, 5) is 24.7. The molecule has 5 nitrogen and oxygen atoms in total. The number of ether oxygens (including phenoxy) is 1. The predicted molar refractivity (Wildman–Crippen MR) is 59.8 cm³/mol. The Balaban J connectivity index is 2.60. The Morgan fingerprint density at radius 1 is 1.44 bits per heavy atom. The minimum Gasteiger partial charge on any atom is -0.469 e. The van der Waals surface area contributed by atoms with Crippen molar-refractivity contribution in [3.05, 3.63) is 0 Å². The average molecular weight is 228 g/mol. The molecule has 0 aromatic heterocycles. The zero-order chi connectivity index (χ0) is 12.1. The Morgan fingerprint density at radius 2 is 2.12 bits per heavy atom. The number of nitrogens with one attached hydrogen (secondary N) is 1. The molecular weight excluding hydrogens is 208 g/mol. The van der Waals surface area contributed by atoms with Gasteiger partial charge < -0.3 is 15.0 Å². The molecule has 1 aliphatic rings. The van der Waals surface area contributed by atoms with Crippen molar-refractivity contribution in [2.24, 2.45) is 5.92 Å². The number of hydrogen-bond donors (Lipinski definition) is 1. The highest BCUT2D eigenvalue weighted by atomic mass is 16.5. The van der Waals surface area contributed by atoms with Crippen LogP contribution < -0.4 is 5.32 Å².